The number of carboxylic acid groups (broad SMARTS) is 1. The van der Waals surface area contributed by atoms with Gasteiger partial charge in [-0.25, -0.2) is 14.4 Å². The number of nitrogens with zero attached hydrogens (tertiary/aromatic N) is 2. The van der Waals surface area contributed by atoms with Crippen LogP contribution in [0.2, 0.25) is 0 Å². The zero-order valence-corrected chi connectivity index (χ0v) is 17.4. The highest BCUT2D eigenvalue weighted by atomic mass is 16.6. The van der Waals surface area contributed by atoms with Crippen LogP contribution in [0.1, 0.15) is 66.7 Å². The summed E-state index contributed by atoms with van der Waals surface area (Å²) in [6.07, 6.45) is 0.444. The van der Waals surface area contributed by atoms with Crippen molar-refractivity contribution in [3.63, 3.8) is 0 Å². The van der Waals surface area contributed by atoms with Gasteiger partial charge in [-0.2, -0.15) is 4.90 Å². The van der Waals surface area contributed by atoms with Crippen LogP contribution < -0.4 is 0 Å². The predicted molar refractivity (Wildman–Crippen MR) is 101 cm³/mol. The third-order valence-corrected chi connectivity index (χ3v) is 4.30. The van der Waals surface area contributed by atoms with Gasteiger partial charge in [0, 0.05) is 6.54 Å². The minimum atomic E-state index is -1.17. The zero-order chi connectivity index (χ0) is 21.5. The first-order chi connectivity index (χ1) is 13.0. The molecule has 2 atom stereocenters. The normalized spacial score (nSPS) is 17.8. The van der Waals surface area contributed by atoms with Crippen LogP contribution >= 0.6 is 0 Å². The van der Waals surface area contributed by atoms with E-state index in [4.69, 9.17) is 9.47 Å². The molecule has 1 heterocycles. The van der Waals surface area contributed by atoms with Crippen LogP contribution in [0.25, 0.3) is 0 Å². The third-order valence-electron chi connectivity index (χ3n) is 4.30. The summed E-state index contributed by atoms with van der Waals surface area (Å²) in [6, 6.07) is -2.13. The van der Waals surface area contributed by atoms with Gasteiger partial charge in [-0.15, -0.1) is 0 Å². The lowest BCUT2D eigenvalue weighted by Gasteiger charge is -2.33. The molecule has 0 spiro atoms. The van der Waals surface area contributed by atoms with E-state index in [2.05, 4.69) is 0 Å². The summed E-state index contributed by atoms with van der Waals surface area (Å²) in [5.41, 5.74) is -0.878. The topological polar surface area (TPSA) is 113 Å². The summed E-state index contributed by atoms with van der Waals surface area (Å²) in [4.78, 5) is 51.9. The van der Waals surface area contributed by atoms with Gasteiger partial charge in [0.25, 0.3) is 0 Å². The molecule has 0 saturated carbocycles. The highest BCUT2D eigenvalue weighted by Crippen LogP contribution is 2.24. The summed E-state index contributed by atoms with van der Waals surface area (Å²) >= 11 is 0. The smallest absolute Gasteiger partial charge is 0.420 e. The van der Waals surface area contributed by atoms with E-state index in [0.717, 1.165) is 6.42 Å². The van der Waals surface area contributed by atoms with Gasteiger partial charge in [0.1, 0.15) is 17.7 Å². The fourth-order valence-corrected chi connectivity index (χ4v) is 3.07. The largest absolute Gasteiger partial charge is 0.480 e. The standard InChI is InChI=1S/C19H32N2O7/c1-6-8-10-13(15(22)20-12-9-11-14(20)16(23)24)21(17(25)27-7-2)18(26)28-19(3,4)5/h13-14H,6-12H2,1-5H3,(H,23,24)/t13?,14-/m0/s1. The van der Waals surface area contributed by atoms with Gasteiger partial charge in [0.2, 0.25) is 5.91 Å². The number of aliphatic carboxylic acids is 1. The minimum absolute atomic E-state index is 0.0221. The first kappa shape index (κ1) is 23.7. The van der Waals surface area contributed by atoms with Crippen molar-refractivity contribution in [2.75, 3.05) is 13.2 Å². The summed E-state index contributed by atoms with van der Waals surface area (Å²) < 4.78 is 10.3. The van der Waals surface area contributed by atoms with E-state index < -0.39 is 41.7 Å². The number of carboxylic acids is 1. The molecule has 0 aliphatic carbocycles. The Hall–Kier alpha value is -2.32. The Morgan fingerprint density at radius 1 is 1.18 bits per heavy atom. The fraction of sp³-hybridized carbons (Fsp3) is 0.789. The lowest BCUT2D eigenvalue weighted by molar-refractivity contribution is -0.150. The van der Waals surface area contributed by atoms with Crippen LogP contribution in [0.5, 0.6) is 0 Å². The van der Waals surface area contributed by atoms with Crippen LogP contribution in [-0.4, -0.2) is 69.8 Å². The van der Waals surface area contributed by atoms with Gasteiger partial charge in [-0.3, -0.25) is 4.79 Å². The molecule has 1 aliphatic rings. The molecule has 160 valence electrons. The van der Waals surface area contributed by atoms with Crippen molar-refractivity contribution in [3.8, 4) is 0 Å². The summed E-state index contributed by atoms with van der Waals surface area (Å²) in [7, 11) is 0. The van der Waals surface area contributed by atoms with E-state index in [9.17, 15) is 24.3 Å². The van der Waals surface area contributed by atoms with E-state index in [0.29, 0.717) is 24.2 Å². The first-order valence-electron chi connectivity index (χ1n) is 9.75. The van der Waals surface area contributed by atoms with E-state index in [1.807, 2.05) is 6.92 Å². The molecule has 9 heteroatoms. The Morgan fingerprint density at radius 3 is 2.32 bits per heavy atom. The number of likely N-dealkylation sites (tertiary alicyclic amines) is 1. The van der Waals surface area contributed by atoms with Crippen LogP contribution in [0.3, 0.4) is 0 Å². The molecule has 0 aromatic heterocycles. The average Bonchev–Trinajstić information content (AvgIpc) is 3.06. The number of hydrogen-bond donors (Lipinski definition) is 1. The molecule has 3 amide bonds. The lowest BCUT2D eigenvalue weighted by atomic mass is 10.1. The highest BCUT2D eigenvalue weighted by molar-refractivity contribution is 5.96. The van der Waals surface area contributed by atoms with Crippen LogP contribution in [0, 0.1) is 0 Å². The Balaban J connectivity index is 3.24. The van der Waals surface area contributed by atoms with E-state index >= 15 is 0 Å². The number of carbonyl (C=O) groups excluding carboxylic acids is 3. The van der Waals surface area contributed by atoms with Gasteiger partial charge in [0.15, 0.2) is 0 Å². The molecule has 1 saturated heterocycles. The Morgan fingerprint density at radius 2 is 1.82 bits per heavy atom. The Bertz CT molecular complexity index is 585. The van der Waals surface area contributed by atoms with Crippen molar-refractivity contribution < 1.29 is 33.8 Å². The molecular weight excluding hydrogens is 368 g/mol. The molecule has 1 N–H and O–H groups in total. The Labute approximate surface area is 165 Å². The maximum absolute atomic E-state index is 13.2. The summed E-state index contributed by atoms with van der Waals surface area (Å²) in [5, 5.41) is 9.39. The Kier molecular flexibility index (Phi) is 8.71. The molecule has 1 unspecified atom stereocenters. The number of amides is 3. The second-order valence-electron chi connectivity index (χ2n) is 7.74. The van der Waals surface area contributed by atoms with Crippen molar-refractivity contribution in [2.45, 2.75) is 84.4 Å². The van der Waals surface area contributed by atoms with Crippen molar-refractivity contribution in [1.82, 2.24) is 9.80 Å². The predicted octanol–water partition coefficient (Wildman–Crippen LogP) is 3.01. The summed E-state index contributed by atoms with van der Waals surface area (Å²) in [6.45, 7) is 8.75. The monoisotopic (exact) mass is 400 g/mol. The maximum atomic E-state index is 13.2. The van der Waals surface area contributed by atoms with E-state index in [1.54, 1.807) is 27.7 Å². The zero-order valence-electron chi connectivity index (χ0n) is 17.4. The van der Waals surface area contributed by atoms with Gasteiger partial charge < -0.3 is 19.5 Å². The molecule has 1 aliphatic heterocycles. The second-order valence-corrected chi connectivity index (χ2v) is 7.74. The average molecular weight is 400 g/mol. The maximum Gasteiger partial charge on any atom is 0.420 e. The molecule has 9 nitrogen and oxygen atoms in total. The highest BCUT2D eigenvalue weighted by Gasteiger charge is 2.44. The van der Waals surface area contributed by atoms with Crippen molar-refractivity contribution >= 4 is 24.1 Å². The third kappa shape index (κ3) is 6.38. The number of carbonyl (C=O) groups is 4. The molecule has 0 aromatic carbocycles. The molecule has 0 radical (unpaired) electrons. The van der Waals surface area contributed by atoms with Gasteiger partial charge in [-0.1, -0.05) is 19.8 Å². The van der Waals surface area contributed by atoms with Gasteiger partial charge in [-0.05, 0) is 47.0 Å². The van der Waals surface area contributed by atoms with Crippen molar-refractivity contribution in [3.05, 3.63) is 0 Å². The summed E-state index contributed by atoms with van der Waals surface area (Å²) in [5.74, 6) is -1.67. The molecular formula is C19H32N2O7. The number of unbranched alkanes of at least 4 members (excludes halogenated alkanes) is 1. The van der Waals surface area contributed by atoms with E-state index in [-0.39, 0.29) is 19.6 Å². The SMILES string of the molecule is CCCCC(C(=O)N1CCC[C@H]1C(=O)O)N(C(=O)OCC)C(=O)OC(C)(C)C. The van der Waals surface area contributed by atoms with Crippen molar-refractivity contribution in [2.24, 2.45) is 0 Å². The number of hydrogen-bond acceptors (Lipinski definition) is 6. The number of imide groups is 1. The molecule has 1 rings (SSSR count). The molecule has 28 heavy (non-hydrogen) atoms. The van der Waals surface area contributed by atoms with E-state index in [1.165, 1.54) is 4.90 Å². The second kappa shape index (κ2) is 10.3. The van der Waals surface area contributed by atoms with Crippen molar-refractivity contribution in [1.29, 1.82) is 0 Å². The lowest BCUT2D eigenvalue weighted by Crippen LogP contribution is -2.56. The van der Waals surface area contributed by atoms with Gasteiger partial charge >= 0.3 is 18.2 Å². The quantitative estimate of drug-likeness (QED) is 0.699. The van der Waals surface area contributed by atoms with Crippen LogP contribution in [0.15, 0.2) is 0 Å². The van der Waals surface area contributed by atoms with Crippen LogP contribution in [-0.2, 0) is 19.1 Å². The number of rotatable bonds is 7. The minimum Gasteiger partial charge on any atom is -0.480 e. The first-order valence-corrected chi connectivity index (χ1v) is 9.75. The van der Waals surface area contributed by atoms with Crippen LogP contribution in [0.4, 0.5) is 9.59 Å². The fourth-order valence-electron chi connectivity index (χ4n) is 3.07. The number of ether oxygens (including phenoxy) is 2. The molecule has 0 aromatic rings. The molecule has 0 bridgehead atoms. The van der Waals surface area contributed by atoms with Gasteiger partial charge in [0.05, 0.1) is 6.61 Å². The molecule has 1 fully saturated rings.